The largest absolute Gasteiger partial charge is 1.00 e. The van der Waals surface area contributed by atoms with Crippen LogP contribution < -0.4 is 22.3 Å². The van der Waals surface area contributed by atoms with Gasteiger partial charge in [-0.3, -0.25) is 4.79 Å². The van der Waals surface area contributed by atoms with E-state index >= 15 is 0 Å². The summed E-state index contributed by atoms with van der Waals surface area (Å²) in [6.07, 6.45) is 0.182. The molecule has 1 saturated heterocycles. The van der Waals surface area contributed by atoms with Crippen LogP contribution in [0.25, 0.3) is 0 Å². The van der Waals surface area contributed by atoms with Gasteiger partial charge in [-0.05, 0) is 18.1 Å². The van der Waals surface area contributed by atoms with Gasteiger partial charge in [0.15, 0.2) is 18.5 Å². The summed E-state index contributed by atoms with van der Waals surface area (Å²) in [5, 5.41) is 18.1. The zero-order chi connectivity index (χ0) is 23.5. The highest BCUT2D eigenvalue weighted by Crippen LogP contribution is 2.32. The first-order chi connectivity index (χ1) is 15.8. The molecule has 2 aromatic carbocycles. The molecule has 1 unspecified atom stereocenters. The molecule has 0 aliphatic carbocycles. The fourth-order valence-corrected chi connectivity index (χ4v) is 4.32. The smallest absolute Gasteiger partial charge is 0.348 e. The van der Waals surface area contributed by atoms with Gasteiger partial charge in [-0.1, -0.05) is 65.8 Å². The fraction of sp³-hybridized carbons (Fsp3) is 0.320. The quantitative estimate of drug-likeness (QED) is 0.319. The van der Waals surface area contributed by atoms with Gasteiger partial charge in [0.1, 0.15) is 12.3 Å². The first kappa shape index (κ1) is 25.6. The van der Waals surface area contributed by atoms with Crippen molar-refractivity contribution >= 4 is 17.7 Å². The van der Waals surface area contributed by atoms with Crippen LogP contribution in [0.4, 0.5) is 5.82 Å². The number of ether oxygens (including phenoxy) is 1. The third-order valence-corrected chi connectivity index (χ3v) is 6.01. The summed E-state index contributed by atoms with van der Waals surface area (Å²) < 4.78 is 11.2. The second kappa shape index (κ2) is 10.5. The van der Waals surface area contributed by atoms with Gasteiger partial charge in [0.2, 0.25) is 5.60 Å². The number of aliphatic hydroxyl groups is 1. The number of carbonyl (C=O) groups is 2. The molecule has 1 aliphatic heterocycles. The molecule has 180 valence electrons. The number of aryl methyl sites for hydroxylation is 1. The number of anilines is 1. The number of hydrogen-bond acceptors (Lipinski definition) is 6. The lowest BCUT2D eigenvalue weighted by Gasteiger charge is -2.30. The summed E-state index contributed by atoms with van der Waals surface area (Å²) in [5.74, 6) is 0.0777. The van der Waals surface area contributed by atoms with Gasteiger partial charge in [0, 0.05) is 12.5 Å². The number of quaternary nitrogens is 1. The van der Waals surface area contributed by atoms with Crippen molar-refractivity contribution in [2.75, 3.05) is 32.0 Å². The minimum absolute atomic E-state index is 0. The molecule has 0 spiro atoms. The summed E-state index contributed by atoms with van der Waals surface area (Å²) in [7, 11) is 1.95. The number of likely N-dealkylation sites (N-methyl/N-ethyl adjacent to an activating group) is 1. The molecule has 1 amide bonds. The Kier molecular flexibility index (Phi) is 7.91. The molecule has 1 fully saturated rings. The highest BCUT2D eigenvalue weighted by Gasteiger charge is 2.45. The topological polar surface area (TPSA) is 102 Å². The number of esters is 1. The Balaban J connectivity index is 0.00000324. The Morgan fingerprint density at radius 2 is 1.74 bits per heavy atom. The van der Waals surface area contributed by atoms with E-state index in [-0.39, 0.29) is 29.4 Å². The maximum atomic E-state index is 13.3. The molecule has 2 heterocycles. The van der Waals surface area contributed by atoms with Crippen LogP contribution in [0.2, 0.25) is 0 Å². The van der Waals surface area contributed by atoms with Crippen molar-refractivity contribution in [2.45, 2.75) is 25.0 Å². The molecule has 0 saturated carbocycles. The highest BCUT2D eigenvalue weighted by molar-refractivity contribution is 5.90. The predicted octanol–water partition coefficient (Wildman–Crippen LogP) is -0.376. The van der Waals surface area contributed by atoms with Gasteiger partial charge in [-0.2, -0.15) is 0 Å². The van der Waals surface area contributed by atoms with E-state index < -0.39 is 17.7 Å². The molecule has 9 heteroatoms. The Hall–Kier alpha value is -3.01. The van der Waals surface area contributed by atoms with E-state index in [1.54, 1.807) is 61.5 Å². The summed E-state index contributed by atoms with van der Waals surface area (Å²) in [6.45, 7) is 3.10. The van der Waals surface area contributed by atoms with Crippen LogP contribution >= 0.6 is 0 Å². The van der Waals surface area contributed by atoms with Gasteiger partial charge in [-0.15, -0.1) is 0 Å². The minimum Gasteiger partial charge on any atom is -1.00 e. The maximum absolute atomic E-state index is 13.3. The summed E-state index contributed by atoms with van der Waals surface area (Å²) >= 11 is 0. The van der Waals surface area contributed by atoms with E-state index in [0.29, 0.717) is 46.7 Å². The summed E-state index contributed by atoms with van der Waals surface area (Å²) in [5.41, 5.74) is -1.03. The number of carbonyl (C=O) groups excluding carboxylic acids is 2. The lowest BCUT2D eigenvalue weighted by atomic mass is 9.86. The van der Waals surface area contributed by atoms with Crippen molar-refractivity contribution in [1.29, 1.82) is 0 Å². The molecule has 3 aromatic rings. The second-order valence-electron chi connectivity index (χ2n) is 8.81. The lowest BCUT2D eigenvalue weighted by molar-refractivity contribution is -0.890. The SMILES string of the molecule is Cc1cc(NC(=O)C[N@+]2(C)CCC(OC(=O)C(O)(c3ccccc3)c3ccccc3)C2)no1.[Br-]. The number of likely N-dealkylation sites (tertiary alicyclic amines) is 1. The molecule has 4 rings (SSSR count). The average Bonchev–Trinajstić information content (AvgIpc) is 3.38. The molecular formula is C25H28BrN3O5. The number of benzene rings is 2. The third kappa shape index (κ3) is 5.55. The van der Waals surface area contributed by atoms with Crippen LogP contribution in [0.1, 0.15) is 23.3 Å². The highest BCUT2D eigenvalue weighted by atomic mass is 79.9. The molecule has 2 atom stereocenters. The van der Waals surface area contributed by atoms with Crippen molar-refractivity contribution in [2.24, 2.45) is 0 Å². The third-order valence-electron chi connectivity index (χ3n) is 6.01. The standard InChI is InChI=1S/C25H27N3O5.BrH/c1-18-15-22(27-33-18)26-23(29)17-28(2)14-13-21(16-28)32-24(30)25(31,19-9-5-3-6-10-19)20-11-7-4-8-12-20;/h3-12,15,21,31H,13-14,16-17H2,1-2H3;1H/t21?,28-;/m1./s1. The van der Waals surface area contributed by atoms with Crippen molar-refractivity contribution < 1.29 is 45.4 Å². The summed E-state index contributed by atoms with van der Waals surface area (Å²) in [6, 6.07) is 19.2. The molecule has 1 aliphatic rings. The van der Waals surface area contributed by atoms with Crippen molar-refractivity contribution in [3.05, 3.63) is 83.6 Å². The van der Waals surface area contributed by atoms with E-state index in [1.807, 2.05) is 19.2 Å². The zero-order valence-electron chi connectivity index (χ0n) is 19.1. The molecular weight excluding hydrogens is 502 g/mol. The monoisotopic (exact) mass is 529 g/mol. The van der Waals surface area contributed by atoms with Gasteiger partial charge in [0.25, 0.3) is 5.91 Å². The van der Waals surface area contributed by atoms with E-state index in [0.717, 1.165) is 0 Å². The second-order valence-corrected chi connectivity index (χ2v) is 8.81. The number of nitrogens with one attached hydrogen (secondary N) is 1. The molecule has 0 radical (unpaired) electrons. The lowest BCUT2D eigenvalue weighted by Crippen LogP contribution is -3.00. The van der Waals surface area contributed by atoms with Crippen molar-refractivity contribution in [1.82, 2.24) is 5.16 Å². The molecule has 8 nitrogen and oxygen atoms in total. The summed E-state index contributed by atoms with van der Waals surface area (Å²) in [4.78, 5) is 25.8. The first-order valence-electron chi connectivity index (χ1n) is 10.9. The van der Waals surface area contributed by atoms with Crippen LogP contribution in [0.15, 0.2) is 71.3 Å². The van der Waals surface area contributed by atoms with Crippen LogP contribution in [-0.4, -0.2) is 59.4 Å². The van der Waals surface area contributed by atoms with Crippen LogP contribution in [0.5, 0.6) is 0 Å². The zero-order valence-corrected chi connectivity index (χ0v) is 20.7. The Bertz CT molecular complexity index is 1080. The van der Waals surface area contributed by atoms with Gasteiger partial charge in [0.05, 0.1) is 13.6 Å². The Labute approximate surface area is 208 Å². The number of nitrogens with zero attached hydrogens (tertiary/aromatic N) is 2. The molecule has 0 bridgehead atoms. The minimum atomic E-state index is -1.92. The number of halogens is 1. The first-order valence-corrected chi connectivity index (χ1v) is 10.9. The molecule has 1 aromatic heterocycles. The number of amides is 1. The van der Waals surface area contributed by atoms with Crippen LogP contribution in [-0.2, 0) is 19.9 Å². The van der Waals surface area contributed by atoms with Gasteiger partial charge >= 0.3 is 5.97 Å². The Morgan fingerprint density at radius 1 is 1.15 bits per heavy atom. The molecule has 2 N–H and O–H groups in total. The number of rotatable bonds is 7. The number of aromatic nitrogens is 1. The molecule has 34 heavy (non-hydrogen) atoms. The van der Waals surface area contributed by atoms with Gasteiger partial charge in [-0.25, -0.2) is 4.79 Å². The van der Waals surface area contributed by atoms with Gasteiger partial charge < -0.3 is 41.1 Å². The van der Waals surface area contributed by atoms with E-state index in [1.165, 1.54) is 0 Å². The van der Waals surface area contributed by atoms with E-state index in [4.69, 9.17) is 9.26 Å². The fourth-order valence-electron chi connectivity index (χ4n) is 4.32. The van der Waals surface area contributed by atoms with Crippen LogP contribution in [0.3, 0.4) is 0 Å². The number of hydrogen-bond donors (Lipinski definition) is 2. The van der Waals surface area contributed by atoms with E-state index in [2.05, 4.69) is 10.5 Å². The van der Waals surface area contributed by atoms with Crippen molar-refractivity contribution in [3.63, 3.8) is 0 Å². The van der Waals surface area contributed by atoms with E-state index in [9.17, 15) is 14.7 Å². The Morgan fingerprint density at radius 3 is 2.26 bits per heavy atom. The normalized spacial score (nSPS) is 19.8. The predicted molar refractivity (Wildman–Crippen MR) is 121 cm³/mol. The average molecular weight is 530 g/mol. The van der Waals surface area contributed by atoms with Crippen molar-refractivity contribution in [3.8, 4) is 0 Å². The van der Waals surface area contributed by atoms with Crippen LogP contribution in [0, 0.1) is 6.92 Å². The maximum Gasteiger partial charge on any atom is 0.348 e.